The number of thiocarbonyl (C=S) groups is 1. The average molecular weight is 204 g/mol. The summed E-state index contributed by atoms with van der Waals surface area (Å²) in [4.78, 5) is 2.06. The zero-order chi connectivity index (χ0) is 10.1. The van der Waals surface area contributed by atoms with E-state index in [1.54, 1.807) is 7.11 Å². The van der Waals surface area contributed by atoms with Crippen molar-refractivity contribution < 1.29 is 4.74 Å². The smallest absolute Gasteiger partial charge is 0.168 e. The molecule has 0 aromatic rings. The van der Waals surface area contributed by atoms with Crippen molar-refractivity contribution in [2.45, 2.75) is 19.8 Å². The Kier molecular flexibility index (Phi) is 8.04. The Morgan fingerprint density at radius 3 is 2.77 bits per heavy atom. The number of nitrogens with zero attached hydrogens (tertiary/aromatic N) is 1. The van der Waals surface area contributed by atoms with Gasteiger partial charge in [-0.2, -0.15) is 0 Å². The second-order valence-electron chi connectivity index (χ2n) is 3.00. The van der Waals surface area contributed by atoms with E-state index in [-0.39, 0.29) is 0 Å². The Balaban J connectivity index is 3.45. The predicted molar refractivity (Wildman–Crippen MR) is 60.0 cm³/mol. The van der Waals surface area contributed by atoms with Crippen LogP contribution in [0.5, 0.6) is 0 Å². The molecule has 0 spiro atoms. The molecular formula is C9H20N2OS. The van der Waals surface area contributed by atoms with Crippen molar-refractivity contribution in [3.8, 4) is 0 Å². The maximum Gasteiger partial charge on any atom is 0.168 e. The van der Waals surface area contributed by atoms with Crippen LogP contribution in [0, 0.1) is 0 Å². The van der Waals surface area contributed by atoms with E-state index in [1.165, 1.54) is 12.8 Å². The van der Waals surface area contributed by atoms with Crippen molar-refractivity contribution in [1.29, 1.82) is 0 Å². The molecular weight excluding hydrogens is 184 g/mol. The lowest BCUT2D eigenvalue weighted by atomic mass is 10.3. The maximum absolute atomic E-state index is 5.16. The van der Waals surface area contributed by atoms with Crippen molar-refractivity contribution in [3.05, 3.63) is 0 Å². The van der Waals surface area contributed by atoms with Crippen LogP contribution in [0.3, 0.4) is 0 Å². The van der Waals surface area contributed by atoms with E-state index < -0.39 is 0 Å². The molecule has 0 aliphatic rings. The van der Waals surface area contributed by atoms with E-state index in [2.05, 4.69) is 17.1 Å². The van der Waals surface area contributed by atoms with Crippen LogP contribution in [-0.2, 0) is 4.74 Å². The molecule has 0 aromatic carbocycles. The van der Waals surface area contributed by atoms with Crippen molar-refractivity contribution in [2.75, 3.05) is 33.9 Å². The molecule has 0 radical (unpaired) electrons. The molecule has 78 valence electrons. The van der Waals surface area contributed by atoms with E-state index in [9.17, 15) is 0 Å². The zero-order valence-electron chi connectivity index (χ0n) is 8.80. The molecule has 0 heterocycles. The van der Waals surface area contributed by atoms with Gasteiger partial charge in [0.1, 0.15) is 0 Å². The summed E-state index contributed by atoms with van der Waals surface area (Å²) in [5.74, 6) is 0. The molecule has 0 rings (SSSR count). The largest absolute Gasteiger partial charge is 0.383 e. The molecule has 0 aromatic heterocycles. The van der Waals surface area contributed by atoms with Gasteiger partial charge in [0.2, 0.25) is 0 Å². The fourth-order valence-corrected chi connectivity index (χ4v) is 1.09. The highest BCUT2D eigenvalue weighted by Gasteiger charge is 2.01. The summed E-state index contributed by atoms with van der Waals surface area (Å²) in [6.45, 7) is 4.68. The van der Waals surface area contributed by atoms with Gasteiger partial charge >= 0.3 is 0 Å². The van der Waals surface area contributed by atoms with E-state index >= 15 is 0 Å². The topological polar surface area (TPSA) is 24.5 Å². The van der Waals surface area contributed by atoms with Crippen LogP contribution in [-0.4, -0.2) is 43.9 Å². The Bertz CT molecular complexity index is 142. The zero-order valence-corrected chi connectivity index (χ0v) is 9.62. The summed E-state index contributed by atoms with van der Waals surface area (Å²) in [7, 11) is 3.70. The van der Waals surface area contributed by atoms with Crippen molar-refractivity contribution in [3.63, 3.8) is 0 Å². The number of methoxy groups -OCH3 is 1. The first-order chi connectivity index (χ1) is 6.22. The van der Waals surface area contributed by atoms with Crippen molar-refractivity contribution >= 4 is 17.3 Å². The van der Waals surface area contributed by atoms with E-state index in [1.807, 2.05) is 7.05 Å². The van der Waals surface area contributed by atoms with Gasteiger partial charge < -0.3 is 15.0 Å². The van der Waals surface area contributed by atoms with Gasteiger partial charge in [0, 0.05) is 27.2 Å². The third-order valence-electron chi connectivity index (χ3n) is 1.78. The minimum Gasteiger partial charge on any atom is -0.383 e. The Morgan fingerprint density at radius 2 is 2.23 bits per heavy atom. The molecule has 0 unspecified atom stereocenters. The minimum absolute atomic E-state index is 0.696. The molecule has 0 saturated carbocycles. The Morgan fingerprint density at radius 1 is 1.54 bits per heavy atom. The van der Waals surface area contributed by atoms with Crippen LogP contribution in [0.4, 0.5) is 0 Å². The molecule has 0 atom stereocenters. The summed E-state index contributed by atoms with van der Waals surface area (Å²) in [6, 6.07) is 0. The van der Waals surface area contributed by atoms with Gasteiger partial charge in [0.15, 0.2) is 5.11 Å². The van der Waals surface area contributed by atoms with Crippen LogP contribution >= 0.6 is 12.2 Å². The number of nitrogens with one attached hydrogen (secondary N) is 1. The van der Waals surface area contributed by atoms with Gasteiger partial charge in [0.25, 0.3) is 0 Å². The molecule has 0 bridgehead atoms. The number of rotatable bonds is 6. The van der Waals surface area contributed by atoms with Gasteiger partial charge in [-0.25, -0.2) is 0 Å². The number of ether oxygens (including phenoxy) is 1. The number of unbranched alkanes of at least 4 members (excludes halogenated alkanes) is 1. The summed E-state index contributed by atoms with van der Waals surface area (Å²) in [5.41, 5.74) is 0. The minimum atomic E-state index is 0.696. The van der Waals surface area contributed by atoms with Crippen molar-refractivity contribution in [2.24, 2.45) is 0 Å². The molecule has 0 amide bonds. The molecule has 0 aliphatic carbocycles. The highest BCUT2D eigenvalue weighted by molar-refractivity contribution is 7.80. The fraction of sp³-hybridized carbons (Fsp3) is 0.889. The third-order valence-corrected chi connectivity index (χ3v) is 2.23. The van der Waals surface area contributed by atoms with Gasteiger partial charge in [-0.05, 0) is 18.6 Å². The standard InChI is InChI=1S/C9H20N2OS/c1-4-5-7-11(2)9(13)10-6-8-12-3/h4-8H2,1-3H3,(H,10,13). The summed E-state index contributed by atoms with van der Waals surface area (Å²) in [5, 5.41) is 3.94. The molecule has 4 heteroatoms. The summed E-state index contributed by atoms with van der Waals surface area (Å²) >= 11 is 5.16. The number of hydrogen-bond donors (Lipinski definition) is 1. The first-order valence-corrected chi connectivity index (χ1v) is 5.11. The van der Waals surface area contributed by atoms with Gasteiger partial charge in [-0.1, -0.05) is 13.3 Å². The first-order valence-electron chi connectivity index (χ1n) is 4.70. The van der Waals surface area contributed by atoms with Gasteiger partial charge in [0.05, 0.1) is 6.61 Å². The van der Waals surface area contributed by atoms with Crippen LogP contribution in [0.2, 0.25) is 0 Å². The maximum atomic E-state index is 5.16. The lowest BCUT2D eigenvalue weighted by Gasteiger charge is -2.20. The van der Waals surface area contributed by atoms with Crippen LogP contribution in [0.1, 0.15) is 19.8 Å². The Labute approximate surface area is 86.4 Å². The van der Waals surface area contributed by atoms with E-state index in [4.69, 9.17) is 17.0 Å². The molecule has 0 fully saturated rings. The third kappa shape index (κ3) is 6.78. The fourth-order valence-electron chi connectivity index (χ4n) is 0.892. The summed E-state index contributed by atoms with van der Waals surface area (Å²) < 4.78 is 4.91. The average Bonchev–Trinajstić information content (AvgIpc) is 2.14. The molecule has 0 saturated heterocycles. The highest BCUT2D eigenvalue weighted by Crippen LogP contribution is 1.92. The highest BCUT2D eigenvalue weighted by atomic mass is 32.1. The predicted octanol–water partition coefficient (Wildman–Crippen LogP) is 1.24. The van der Waals surface area contributed by atoms with Gasteiger partial charge in [-0.3, -0.25) is 0 Å². The monoisotopic (exact) mass is 204 g/mol. The molecule has 1 N–H and O–H groups in total. The second-order valence-corrected chi connectivity index (χ2v) is 3.39. The van der Waals surface area contributed by atoms with Crippen LogP contribution in [0.15, 0.2) is 0 Å². The van der Waals surface area contributed by atoms with E-state index in [0.29, 0.717) is 6.61 Å². The van der Waals surface area contributed by atoms with Crippen LogP contribution < -0.4 is 5.32 Å². The van der Waals surface area contributed by atoms with Crippen molar-refractivity contribution in [1.82, 2.24) is 10.2 Å². The quantitative estimate of drug-likeness (QED) is 0.520. The summed E-state index contributed by atoms with van der Waals surface area (Å²) in [6.07, 6.45) is 2.38. The lowest BCUT2D eigenvalue weighted by Crippen LogP contribution is -2.38. The molecule has 0 aliphatic heterocycles. The first kappa shape index (κ1) is 12.7. The molecule has 13 heavy (non-hydrogen) atoms. The normalized spacial score (nSPS) is 9.77. The lowest BCUT2D eigenvalue weighted by molar-refractivity contribution is 0.203. The Hall–Kier alpha value is -0.350. The SMILES string of the molecule is CCCCN(C)C(=S)NCCOC. The molecule has 3 nitrogen and oxygen atoms in total. The second kappa shape index (κ2) is 8.26. The van der Waals surface area contributed by atoms with Crippen LogP contribution in [0.25, 0.3) is 0 Å². The van der Waals surface area contributed by atoms with E-state index in [0.717, 1.165) is 18.2 Å². The van der Waals surface area contributed by atoms with Gasteiger partial charge in [-0.15, -0.1) is 0 Å². The number of hydrogen-bond acceptors (Lipinski definition) is 2.